The van der Waals surface area contributed by atoms with Crippen LogP contribution in [0.2, 0.25) is 0 Å². The van der Waals surface area contributed by atoms with Crippen LogP contribution < -0.4 is 14.8 Å². The summed E-state index contributed by atoms with van der Waals surface area (Å²) >= 11 is 0. The molecule has 4 nitrogen and oxygen atoms in total. The van der Waals surface area contributed by atoms with Crippen molar-refractivity contribution in [1.29, 1.82) is 0 Å². The maximum atomic E-state index is 13.7. The molecule has 0 aliphatic heterocycles. The maximum Gasteiger partial charge on any atom is 0.161 e. The summed E-state index contributed by atoms with van der Waals surface area (Å²) in [4.78, 5) is 0. The van der Waals surface area contributed by atoms with Crippen molar-refractivity contribution in [3.8, 4) is 11.5 Å². The molecule has 0 fully saturated rings. The molecule has 1 aromatic heterocycles. The molecule has 3 aromatic rings. The molecule has 0 radical (unpaired) electrons. The summed E-state index contributed by atoms with van der Waals surface area (Å²) in [6, 6.07) is 16.0. The fraction of sp³-hybridized carbons (Fsp3) is 0.200. The molecule has 0 amide bonds. The van der Waals surface area contributed by atoms with Gasteiger partial charge in [0.1, 0.15) is 18.2 Å². The van der Waals surface area contributed by atoms with Crippen LogP contribution in [0.1, 0.15) is 16.9 Å². The zero-order valence-electron chi connectivity index (χ0n) is 14.0. The van der Waals surface area contributed by atoms with Crippen LogP contribution >= 0.6 is 0 Å². The average molecular weight is 341 g/mol. The van der Waals surface area contributed by atoms with Crippen molar-refractivity contribution in [2.45, 2.75) is 19.7 Å². The summed E-state index contributed by atoms with van der Waals surface area (Å²) < 4.78 is 30.1. The molecule has 130 valence electrons. The third-order valence-electron chi connectivity index (χ3n) is 3.78. The number of furan rings is 1. The maximum absolute atomic E-state index is 13.7. The van der Waals surface area contributed by atoms with E-state index >= 15 is 0 Å². The van der Waals surface area contributed by atoms with Gasteiger partial charge in [0.25, 0.3) is 0 Å². The minimum Gasteiger partial charge on any atom is -0.493 e. The predicted molar refractivity (Wildman–Crippen MR) is 93.0 cm³/mol. The second-order valence-corrected chi connectivity index (χ2v) is 5.55. The smallest absolute Gasteiger partial charge is 0.161 e. The first-order valence-electron chi connectivity index (χ1n) is 8.02. The van der Waals surface area contributed by atoms with E-state index in [0.29, 0.717) is 30.2 Å². The number of halogens is 1. The van der Waals surface area contributed by atoms with E-state index in [1.165, 1.54) is 6.07 Å². The average Bonchev–Trinajstić information content (AvgIpc) is 3.15. The fourth-order valence-corrected chi connectivity index (χ4v) is 2.46. The largest absolute Gasteiger partial charge is 0.493 e. The molecular formula is C20H20FNO3. The van der Waals surface area contributed by atoms with Crippen LogP contribution in [0.15, 0.2) is 65.3 Å². The van der Waals surface area contributed by atoms with E-state index in [1.807, 2.05) is 30.3 Å². The number of rotatable bonds is 8. The van der Waals surface area contributed by atoms with E-state index in [9.17, 15) is 4.39 Å². The quantitative estimate of drug-likeness (QED) is 0.663. The minimum atomic E-state index is -0.278. The van der Waals surface area contributed by atoms with Gasteiger partial charge >= 0.3 is 0 Å². The summed E-state index contributed by atoms with van der Waals surface area (Å²) in [5.74, 6) is 1.81. The van der Waals surface area contributed by atoms with Crippen LogP contribution in [-0.2, 0) is 19.7 Å². The van der Waals surface area contributed by atoms with Crippen LogP contribution in [0.4, 0.5) is 4.39 Å². The lowest BCUT2D eigenvalue weighted by molar-refractivity contribution is 0.279. The Balaban J connectivity index is 1.60. The Morgan fingerprint density at radius 2 is 1.88 bits per heavy atom. The summed E-state index contributed by atoms with van der Waals surface area (Å²) in [5, 5.41) is 3.30. The van der Waals surface area contributed by atoms with Crippen molar-refractivity contribution in [3.63, 3.8) is 0 Å². The molecule has 0 aliphatic carbocycles. The lowest BCUT2D eigenvalue weighted by atomic mass is 10.2. The summed E-state index contributed by atoms with van der Waals surface area (Å²) in [6.45, 7) is 1.48. The highest BCUT2D eigenvalue weighted by molar-refractivity contribution is 5.43. The van der Waals surface area contributed by atoms with Crippen molar-refractivity contribution in [2.24, 2.45) is 0 Å². The Kier molecular flexibility index (Phi) is 5.69. The molecular weight excluding hydrogens is 321 g/mol. The van der Waals surface area contributed by atoms with Crippen LogP contribution in [0.25, 0.3) is 0 Å². The second kappa shape index (κ2) is 8.35. The van der Waals surface area contributed by atoms with Gasteiger partial charge in [0.2, 0.25) is 0 Å². The van der Waals surface area contributed by atoms with Crippen molar-refractivity contribution in [2.75, 3.05) is 7.11 Å². The third kappa shape index (κ3) is 4.61. The van der Waals surface area contributed by atoms with Crippen molar-refractivity contribution in [1.82, 2.24) is 5.32 Å². The molecule has 1 N–H and O–H groups in total. The van der Waals surface area contributed by atoms with Gasteiger partial charge in [-0.2, -0.15) is 0 Å². The lowest BCUT2D eigenvalue weighted by Gasteiger charge is -2.13. The Hall–Kier alpha value is -2.79. The molecule has 0 saturated carbocycles. The van der Waals surface area contributed by atoms with E-state index in [1.54, 1.807) is 31.6 Å². The molecule has 0 spiro atoms. The summed E-state index contributed by atoms with van der Waals surface area (Å²) in [7, 11) is 1.59. The highest BCUT2D eigenvalue weighted by Gasteiger charge is 2.08. The SMILES string of the molecule is COc1cc(CNCc2ccco2)ccc1OCc1ccccc1F. The topological polar surface area (TPSA) is 43.6 Å². The fourth-order valence-electron chi connectivity index (χ4n) is 2.46. The molecule has 0 saturated heterocycles. The first-order chi connectivity index (χ1) is 12.3. The van der Waals surface area contributed by atoms with E-state index < -0.39 is 0 Å². The van der Waals surface area contributed by atoms with Gasteiger partial charge in [0, 0.05) is 12.1 Å². The first-order valence-corrected chi connectivity index (χ1v) is 8.02. The standard InChI is InChI=1S/C20H20FNO3/c1-23-20-11-15(12-22-13-17-6-4-10-24-17)8-9-19(20)25-14-16-5-2-3-7-18(16)21/h2-11,22H,12-14H2,1H3. The van der Waals surface area contributed by atoms with Crippen molar-refractivity contribution in [3.05, 3.63) is 83.6 Å². The summed E-state index contributed by atoms with van der Waals surface area (Å²) in [6.07, 6.45) is 1.65. The van der Waals surface area contributed by atoms with E-state index in [2.05, 4.69) is 5.32 Å². The number of hydrogen-bond donors (Lipinski definition) is 1. The van der Waals surface area contributed by atoms with Gasteiger partial charge in [0.05, 0.1) is 19.9 Å². The number of nitrogens with one attached hydrogen (secondary N) is 1. The molecule has 2 aromatic carbocycles. The van der Waals surface area contributed by atoms with Crippen LogP contribution in [0.5, 0.6) is 11.5 Å². The van der Waals surface area contributed by atoms with Gasteiger partial charge < -0.3 is 19.2 Å². The Morgan fingerprint density at radius 3 is 2.64 bits per heavy atom. The highest BCUT2D eigenvalue weighted by atomic mass is 19.1. The van der Waals surface area contributed by atoms with Gasteiger partial charge in [-0.25, -0.2) is 4.39 Å². The minimum absolute atomic E-state index is 0.152. The van der Waals surface area contributed by atoms with Gasteiger partial charge in [-0.1, -0.05) is 24.3 Å². The van der Waals surface area contributed by atoms with E-state index in [0.717, 1.165) is 11.3 Å². The molecule has 0 unspecified atom stereocenters. The Morgan fingerprint density at radius 1 is 1.00 bits per heavy atom. The zero-order chi connectivity index (χ0) is 17.5. The van der Waals surface area contributed by atoms with Crippen LogP contribution in [-0.4, -0.2) is 7.11 Å². The molecule has 0 bridgehead atoms. The monoisotopic (exact) mass is 341 g/mol. The number of methoxy groups -OCH3 is 1. The molecule has 0 atom stereocenters. The third-order valence-corrected chi connectivity index (χ3v) is 3.78. The number of ether oxygens (including phenoxy) is 2. The molecule has 5 heteroatoms. The lowest BCUT2D eigenvalue weighted by Crippen LogP contribution is -2.12. The van der Waals surface area contributed by atoms with Gasteiger partial charge in [-0.3, -0.25) is 0 Å². The predicted octanol–water partition coefficient (Wildman–Crippen LogP) is 4.30. The Bertz CT molecular complexity index is 802. The van der Waals surface area contributed by atoms with Gasteiger partial charge in [-0.05, 0) is 35.9 Å². The Labute approximate surface area is 146 Å². The summed E-state index contributed by atoms with van der Waals surface area (Å²) in [5.41, 5.74) is 1.57. The molecule has 1 heterocycles. The van der Waals surface area contributed by atoms with Gasteiger partial charge in [0.15, 0.2) is 11.5 Å². The number of benzene rings is 2. The number of hydrogen-bond acceptors (Lipinski definition) is 4. The molecule has 3 rings (SSSR count). The highest BCUT2D eigenvalue weighted by Crippen LogP contribution is 2.29. The van der Waals surface area contributed by atoms with Gasteiger partial charge in [-0.15, -0.1) is 0 Å². The van der Waals surface area contributed by atoms with E-state index in [4.69, 9.17) is 13.9 Å². The molecule has 25 heavy (non-hydrogen) atoms. The zero-order valence-corrected chi connectivity index (χ0v) is 14.0. The van der Waals surface area contributed by atoms with Crippen LogP contribution in [0, 0.1) is 5.82 Å². The normalized spacial score (nSPS) is 10.6. The first kappa shape index (κ1) is 17.0. The van der Waals surface area contributed by atoms with Crippen molar-refractivity contribution < 1.29 is 18.3 Å². The second-order valence-electron chi connectivity index (χ2n) is 5.55. The van der Waals surface area contributed by atoms with Crippen LogP contribution in [0.3, 0.4) is 0 Å². The molecule has 0 aliphatic rings. The van der Waals surface area contributed by atoms with E-state index in [-0.39, 0.29) is 12.4 Å². The van der Waals surface area contributed by atoms with Crippen molar-refractivity contribution >= 4 is 0 Å².